The van der Waals surface area contributed by atoms with Crippen LogP contribution in [0.25, 0.3) is 11.3 Å². The molecule has 1 aromatic heterocycles. The minimum absolute atomic E-state index is 0.302. The van der Waals surface area contributed by atoms with Crippen molar-refractivity contribution in [1.82, 2.24) is 5.43 Å². The van der Waals surface area contributed by atoms with Crippen molar-refractivity contribution in [3.63, 3.8) is 0 Å². The number of halogens is 1. The van der Waals surface area contributed by atoms with Gasteiger partial charge in [0, 0.05) is 16.1 Å². The monoisotopic (exact) mass is 414 g/mol. The Morgan fingerprint density at radius 3 is 2.38 bits per heavy atom. The number of carbonyl (C=O) groups excluding carboxylic acids is 1. The van der Waals surface area contributed by atoms with Gasteiger partial charge in [-0.25, -0.2) is 5.43 Å². The molecule has 0 saturated carbocycles. The average Bonchev–Trinajstić information content (AvgIpc) is 3.21. The zero-order chi connectivity index (χ0) is 20.8. The average molecular weight is 415 g/mol. The van der Waals surface area contributed by atoms with Gasteiger partial charge in [0.15, 0.2) is 11.5 Å². The number of nitrogens with zero attached hydrogens (tertiary/aromatic N) is 1. The summed E-state index contributed by atoms with van der Waals surface area (Å²) >= 11 is 6.00. The van der Waals surface area contributed by atoms with Gasteiger partial charge in [0.1, 0.15) is 11.5 Å². The van der Waals surface area contributed by atoms with E-state index in [0.29, 0.717) is 39.4 Å². The summed E-state index contributed by atoms with van der Waals surface area (Å²) in [6.07, 6.45) is 1.41. The fourth-order valence-electron chi connectivity index (χ4n) is 2.65. The normalized spacial score (nSPS) is 10.8. The molecule has 0 spiro atoms. The highest BCUT2D eigenvalue weighted by molar-refractivity contribution is 6.30. The van der Waals surface area contributed by atoms with Crippen molar-refractivity contribution in [2.75, 3.05) is 21.3 Å². The third-order valence-corrected chi connectivity index (χ3v) is 4.26. The van der Waals surface area contributed by atoms with E-state index in [4.69, 9.17) is 30.2 Å². The molecule has 1 amide bonds. The van der Waals surface area contributed by atoms with Crippen molar-refractivity contribution in [2.24, 2.45) is 5.10 Å². The SMILES string of the molecule is COc1cc(C(=O)NN=Cc2ccc(-c3cccc(Cl)c3)o2)cc(OC)c1OC. The van der Waals surface area contributed by atoms with Gasteiger partial charge in [-0.15, -0.1) is 0 Å². The molecule has 0 bridgehead atoms. The first-order valence-corrected chi connectivity index (χ1v) is 8.92. The Kier molecular flexibility index (Phi) is 6.41. The molecule has 0 aliphatic heterocycles. The van der Waals surface area contributed by atoms with Gasteiger partial charge in [-0.2, -0.15) is 5.10 Å². The van der Waals surface area contributed by atoms with Gasteiger partial charge in [-0.05, 0) is 36.4 Å². The van der Waals surface area contributed by atoms with Crippen LogP contribution in [0.15, 0.2) is 58.0 Å². The van der Waals surface area contributed by atoms with E-state index in [0.717, 1.165) is 5.56 Å². The summed E-state index contributed by atoms with van der Waals surface area (Å²) in [5, 5.41) is 4.56. The molecule has 29 heavy (non-hydrogen) atoms. The maximum absolute atomic E-state index is 12.4. The number of nitrogens with one attached hydrogen (secondary N) is 1. The Morgan fingerprint density at radius 1 is 1.03 bits per heavy atom. The fraction of sp³-hybridized carbons (Fsp3) is 0.143. The molecule has 2 aromatic carbocycles. The Labute approximate surface area is 172 Å². The number of carbonyl (C=O) groups is 1. The van der Waals surface area contributed by atoms with E-state index >= 15 is 0 Å². The molecule has 3 aromatic rings. The molecule has 0 atom stereocenters. The van der Waals surface area contributed by atoms with Crippen LogP contribution in [0.3, 0.4) is 0 Å². The van der Waals surface area contributed by atoms with Gasteiger partial charge >= 0.3 is 0 Å². The molecule has 1 N–H and O–H groups in total. The lowest BCUT2D eigenvalue weighted by Gasteiger charge is -2.13. The summed E-state index contributed by atoms with van der Waals surface area (Å²) in [7, 11) is 4.45. The lowest BCUT2D eigenvalue weighted by atomic mass is 10.1. The number of ether oxygens (including phenoxy) is 3. The van der Waals surface area contributed by atoms with Gasteiger partial charge < -0.3 is 18.6 Å². The predicted octanol–water partition coefficient (Wildman–Crippen LogP) is 4.39. The largest absolute Gasteiger partial charge is 0.493 e. The van der Waals surface area contributed by atoms with Gasteiger partial charge in [-0.1, -0.05) is 23.7 Å². The van der Waals surface area contributed by atoms with Crippen LogP contribution in [0.4, 0.5) is 0 Å². The van der Waals surface area contributed by atoms with Crippen molar-refractivity contribution < 1.29 is 23.4 Å². The highest BCUT2D eigenvalue weighted by atomic mass is 35.5. The quantitative estimate of drug-likeness (QED) is 0.458. The van der Waals surface area contributed by atoms with Crippen LogP contribution in [0.5, 0.6) is 17.2 Å². The molecule has 0 fully saturated rings. The van der Waals surface area contributed by atoms with Gasteiger partial charge in [-0.3, -0.25) is 4.79 Å². The standard InChI is InChI=1S/C21H19ClN2O5/c1-26-18-10-14(11-19(27-2)20(18)28-3)21(25)24-23-12-16-7-8-17(29-16)13-5-4-6-15(22)9-13/h4-12H,1-3H3,(H,24,25). The zero-order valence-electron chi connectivity index (χ0n) is 16.1. The van der Waals surface area contributed by atoms with Crippen LogP contribution in [0, 0.1) is 0 Å². The lowest BCUT2D eigenvalue weighted by Crippen LogP contribution is -2.18. The van der Waals surface area contributed by atoms with E-state index in [-0.39, 0.29) is 0 Å². The topological polar surface area (TPSA) is 82.3 Å². The molecule has 3 rings (SSSR count). The summed E-state index contributed by atoms with van der Waals surface area (Å²) in [6, 6.07) is 13.9. The highest BCUT2D eigenvalue weighted by Gasteiger charge is 2.16. The van der Waals surface area contributed by atoms with Gasteiger partial charge in [0.25, 0.3) is 5.91 Å². The number of furan rings is 1. The summed E-state index contributed by atoms with van der Waals surface area (Å²) in [5.41, 5.74) is 3.59. The predicted molar refractivity (Wildman–Crippen MR) is 110 cm³/mol. The molecular weight excluding hydrogens is 396 g/mol. The van der Waals surface area contributed by atoms with E-state index < -0.39 is 5.91 Å². The molecular formula is C21H19ClN2O5. The summed E-state index contributed by atoms with van der Waals surface area (Å²) in [6.45, 7) is 0. The molecule has 0 saturated heterocycles. The Balaban J connectivity index is 1.72. The van der Waals surface area contributed by atoms with E-state index in [1.54, 1.807) is 24.3 Å². The van der Waals surface area contributed by atoms with Crippen LogP contribution in [-0.4, -0.2) is 33.5 Å². The third kappa shape index (κ3) is 4.70. The summed E-state index contributed by atoms with van der Waals surface area (Å²) in [4.78, 5) is 12.4. The van der Waals surface area contributed by atoms with Crippen molar-refractivity contribution in [2.45, 2.75) is 0 Å². The first-order chi connectivity index (χ1) is 14.0. The molecule has 1 heterocycles. The van der Waals surface area contributed by atoms with Crippen molar-refractivity contribution in [3.8, 4) is 28.6 Å². The Morgan fingerprint density at radius 2 is 1.76 bits per heavy atom. The van der Waals surface area contributed by atoms with Gasteiger partial charge in [0.05, 0.1) is 27.5 Å². The lowest BCUT2D eigenvalue weighted by molar-refractivity contribution is 0.0954. The van der Waals surface area contributed by atoms with E-state index in [1.807, 2.05) is 12.1 Å². The maximum Gasteiger partial charge on any atom is 0.271 e. The number of hydrazone groups is 1. The zero-order valence-corrected chi connectivity index (χ0v) is 16.8. The number of hydrogen-bond acceptors (Lipinski definition) is 6. The molecule has 0 aliphatic rings. The molecule has 0 unspecified atom stereocenters. The van der Waals surface area contributed by atoms with E-state index in [2.05, 4.69) is 10.5 Å². The Bertz CT molecular complexity index is 1020. The maximum atomic E-state index is 12.4. The second-order valence-corrected chi connectivity index (χ2v) is 6.26. The van der Waals surface area contributed by atoms with Crippen LogP contribution in [0.2, 0.25) is 5.02 Å². The first-order valence-electron chi connectivity index (χ1n) is 8.55. The highest BCUT2D eigenvalue weighted by Crippen LogP contribution is 2.38. The fourth-order valence-corrected chi connectivity index (χ4v) is 2.84. The summed E-state index contributed by atoms with van der Waals surface area (Å²) < 4.78 is 21.4. The smallest absolute Gasteiger partial charge is 0.271 e. The van der Waals surface area contributed by atoms with Crippen molar-refractivity contribution in [1.29, 1.82) is 0 Å². The minimum atomic E-state index is -0.442. The number of rotatable bonds is 7. The molecule has 0 aliphatic carbocycles. The number of hydrogen-bond donors (Lipinski definition) is 1. The number of methoxy groups -OCH3 is 3. The first kappa shape index (κ1) is 20.3. The second kappa shape index (κ2) is 9.16. The second-order valence-electron chi connectivity index (χ2n) is 5.83. The number of benzene rings is 2. The van der Waals surface area contributed by atoms with Crippen LogP contribution in [-0.2, 0) is 0 Å². The van der Waals surface area contributed by atoms with Crippen LogP contribution >= 0.6 is 11.6 Å². The van der Waals surface area contributed by atoms with E-state index in [9.17, 15) is 4.79 Å². The van der Waals surface area contributed by atoms with Crippen LogP contribution in [0.1, 0.15) is 16.1 Å². The molecule has 150 valence electrons. The Hall–Kier alpha value is -3.45. The third-order valence-electron chi connectivity index (χ3n) is 4.02. The van der Waals surface area contributed by atoms with Crippen molar-refractivity contribution >= 4 is 23.7 Å². The number of amides is 1. The van der Waals surface area contributed by atoms with E-state index in [1.165, 1.54) is 39.7 Å². The minimum Gasteiger partial charge on any atom is -0.493 e. The van der Waals surface area contributed by atoms with Gasteiger partial charge in [0.2, 0.25) is 5.75 Å². The molecule has 8 heteroatoms. The van der Waals surface area contributed by atoms with Crippen LogP contribution < -0.4 is 19.6 Å². The molecule has 7 nitrogen and oxygen atoms in total. The van der Waals surface area contributed by atoms with Crippen molar-refractivity contribution in [3.05, 3.63) is 64.9 Å². The molecule has 0 radical (unpaired) electrons. The summed E-state index contributed by atoms with van der Waals surface area (Å²) in [5.74, 6) is 1.83.